The van der Waals surface area contributed by atoms with E-state index in [0.717, 1.165) is 0 Å². The Hall–Kier alpha value is -3.26. The summed E-state index contributed by atoms with van der Waals surface area (Å²) < 4.78 is 0. The van der Waals surface area contributed by atoms with Gasteiger partial charge in [0.2, 0.25) is 17.7 Å². The van der Waals surface area contributed by atoms with Crippen LogP contribution in [0.5, 0.6) is 0 Å². The Kier molecular flexibility index (Phi) is 12.5. The van der Waals surface area contributed by atoms with Crippen molar-refractivity contribution >= 4 is 35.6 Å². The molecule has 182 valence electrons. The summed E-state index contributed by atoms with van der Waals surface area (Å²) in [7, 11) is 0. The molecule has 9 N–H and O–H groups in total. The molecule has 0 aromatic carbocycles. The predicted octanol–water partition coefficient (Wildman–Crippen LogP) is -2.77. The summed E-state index contributed by atoms with van der Waals surface area (Å²) in [5, 5.41) is 42.1. The van der Waals surface area contributed by atoms with E-state index in [0.29, 0.717) is 6.42 Å². The molecule has 0 saturated carbocycles. The fourth-order valence-electron chi connectivity index (χ4n) is 2.43. The van der Waals surface area contributed by atoms with Crippen molar-refractivity contribution in [1.29, 1.82) is 0 Å². The zero-order valence-electron chi connectivity index (χ0n) is 17.7. The van der Waals surface area contributed by atoms with Gasteiger partial charge in [-0.3, -0.25) is 24.0 Å². The first kappa shape index (κ1) is 28.7. The number of hydrogen-bond donors (Lipinski definition) is 8. The average molecular weight is 462 g/mol. The van der Waals surface area contributed by atoms with Crippen molar-refractivity contribution in [3.05, 3.63) is 0 Å². The van der Waals surface area contributed by atoms with Crippen molar-refractivity contribution in [2.75, 3.05) is 6.61 Å². The second kappa shape index (κ2) is 13.9. The van der Waals surface area contributed by atoms with Gasteiger partial charge in [-0.05, 0) is 12.3 Å². The van der Waals surface area contributed by atoms with Gasteiger partial charge in [0.15, 0.2) is 0 Å². The Morgan fingerprint density at radius 3 is 1.75 bits per heavy atom. The number of amides is 3. The van der Waals surface area contributed by atoms with Crippen molar-refractivity contribution in [3.63, 3.8) is 0 Å². The highest BCUT2D eigenvalue weighted by Gasteiger charge is 2.32. The Morgan fingerprint density at radius 2 is 1.31 bits per heavy atom. The third kappa shape index (κ3) is 10.2. The first-order valence-corrected chi connectivity index (χ1v) is 9.77. The van der Waals surface area contributed by atoms with Crippen LogP contribution in [0, 0.1) is 5.92 Å². The highest BCUT2D eigenvalue weighted by molar-refractivity contribution is 5.95. The Balaban J connectivity index is 5.54. The molecular weight excluding hydrogens is 432 g/mol. The smallest absolute Gasteiger partial charge is 0.328 e. The molecule has 32 heavy (non-hydrogen) atoms. The Morgan fingerprint density at radius 1 is 0.812 bits per heavy atom. The van der Waals surface area contributed by atoms with Crippen LogP contribution in [-0.4, -0.2) is 86.8 Å². The minimum absolute atomic E-state index is 0.274. The predicted molar refractivity (Wildman–Crippen MR) is 107 cm³/mol. The number of rotatable bonds is 15. The van der Waals surface area contributed by atoms with E-state index in [1.807, 2.05) is 5.32 Å². The van der Waals surface area contributed by atoms with Crippen LogP contribution in [0.2, 0.25) is 0 Å². The van der Waals surface area contributed by atoms with Gasteiger partial charge in [-0.25, -0.2) is 4.79 Å². The largest absolute Gasteiger partial charge is 0.481 e. The summed E-state index contributed by atoms with van der Waals surface area (Å²) in [5.74, 6) is -7.62. The van der Waals surface area contributed by atoms with Crippen LogP contribution in [-0.2, 0) is 28.8 Å². The third-order valence-electron chi connectivity index (χ3n) is 4.65. The van der Waals surface area contributed by atoms with Crippen molar-refractivity contribution in [3.8, 4) is 0 Å². The topological polar surface area (TPSA) is 245 Å². The molecule has 3 amide bonds. The molecule has 0 aromatic heterocycles. The van der Waals surface area contributed by atoms with Crippen molar-refractivity contribution in [2.24, 2.45) is 11.7 Å². The lowest BCUT2D eigenvalue weighted by atomic mass is 9.99. The minimum Gasteiger partial charge on any atom is -0.481 e. The number of aliphatic carboxylic acids is 3. The number of carboxylic acid groups (broad SMARTS) is 3. The Bertz CT molecular complexity index is 714. The fourth-order valence-corrected chi connectivity index (χ4v) is 2.43. The van der Waals surface area contributed by atoms with Crippen LogP contribution >= 0.6 is 0 Å². The molecule has 0 bridgehead atoms. The second-order valence-electron chi connectivity index (χ2n) is 7.15. The Labute approximate surface area is 183 Å². The van der Waals surface area contributed by atoms with Gasteiger partial charge >= 0.3 is 17.9 Å². The molecule has 5 unspecified atom stereocenters. The van der Waals surface area contributed by atoms with E-state index in [-0.39, 0.29) is 5.92 Å². The molecule has 0 spiro atoms. The van der Waals surface area contributed by atoms with Crippen LogP contribution in [0.15, 0.2) is 0 Å². The van der Waals surface area contributed by atoms with Gasteiger partial charge in [-0.1, -0.05) is 20.3 Å². The summed E-state index contributed by atoms with van der Waals surface area (Å²) in [5.41, 5.74) is 5.78. The lowest BCUT2D eigenvalue weighted by Crippen LogP contribution is -2.58. The van der Waals surface area contributed by atoms with Gasteiger partial charge in [0.25, 0.3) is 0 Å². The molecule has 0 fully saturated rings. The highest BCUT2D eigenvalue weighted by atomic mass is 16.4. The molecule has 0 aliphatic carbocycles. The summed E-state index contributed by atoms with van der Waals surface area (Å²) in [4.78, 5) is 70.2. The number of nitrogens with two attached hydrogens (primary N) is 1. The lowest BCUT2D eigenvalue weighted by Gasteiger charge is -2.25. The number of nitrogens with one attached hydrogen (secondary N) is 3. The number of aliphatic hydroxyl groups excluding tert-OH is 1. The molecule has 14 nitrogen and oxygen atoms in total. The van der Waals surface area contributed by atoms with Gasteiger partial charge < -0.3 is 42.1 Å². The lowest BCUT2D eigenvalue weighted by molar-refractivity contribution is -0.144. The van der Waals surface area contributed by atoms with Crippen LogP contribution < -0.4 is 21.7 Å². The van der Waals surface area contributed by atoms with Crippen molar-refractivity contribution < 1.29 is 49.2 Å². The minimum atomic E-state index is -1.71. The van der Waals surface area contributed by atoms with Crippen molar-refractivity contribution in [2.45, 2.75) is 63.7 Å². The monoisotopic (exact) mass is 462 g/mol. The normalized spacial score (nSPS) is 15.4. The van der Waals surface area contributed by atoms with E-state index < -0.39 is 85.7 Å². The quantitative estimate of drug-likeness (QED) is 0.124. The van der Waals surface area contributed by atoms with Crippen LogP contribution in [0.1, 0.15) is 39.5 Å². The molecule has 0 aliphatic rings. The van der Waals surface area contributed by atoms with E-state index >= 15 is 0 Å². The van der Waals surface area contributed by atoms with Crippen LogP contribution in [0.25, 0.3) is 0 Å². The van der Waals surface area contributed by atoms with Gasteiger partial charge in [0.05, 0.1) is 19.1 Å². The van der Waals surface area contributed by atoms with Crippen LogP contribution in [0.4, 0.5) is 0 Å². The SMILES string of the molecule is CCC(C)C(N)C(=O)NC(CC(=O)O)C(=O)NC(CCC(=O)O)C(=O)NC(CO)C(=O)O. The molecule has 0 aromatic rings. The van der Waals surface area contributed by atoms with E-state index in [4.69, 9.17) is 26.2 Å². The zero-order chi connectivity index (χ0) is 25.0. The molecule has 5 atom stereocenters. The molecule has 0 aliphatic heterocycles. The molecular formula is C18H30N4O10. The molecule has 0 rings (SSSR count). The van der Waals surface area contributed by atoms with E-state index in [2.05, 4.69) is 10.6 Å². The number of carbonyl (C=O) groups is 6. The third-order valence-corrected chi connectivity index (χ3v) is 4.65. The summed E-state index contributed by atoms with van der Waals surface area (Å²) >= 11 is 0. The number of hydrogen-bond acceptors (Lipinski definition) is 8. The molecule has 0 radical (unpaired) electrons. The van der Waals surface area contributed by atoms with Gasteiger partial charge in [0.1, 0.15) is 18.1 Å². The highest BCUT2D eigenvalue weighted by Crippen LogP contribution is 2.07. The van der Waals surface area contributed by atoms with Gasteiger partial charge in [-0.15, -0.1) is 0 Å². The maximum Gasteiger partial charge on any atom is 0.328 e. The number of aliphatic hydroxyl groups is 1. The summed E-state index contributed by atoms with van der Waals surface area (Å²) in [6.45, 7) is 2.50. The summed E-state index contributed by atoms with van der Waals surface area (Å²) in [6, 6.07) is -5.96. The van der Waals surface area contributed by atoms with E-state index in [9.17, 15) is 28.8 Å². The summed E-state index contributed by atoms with van der Waals surface area (Å²) in [6.07, 6.45) is -1.38. The zero-order valence-corrected chi connectivity index (χ0v) is 17.7. The molecule has 0 saturated heterocycles. The van der Waals surface area contributed by atoms with Crippen molar-refractivity contribution in [1.82, 2.24) is 16.0 Å². The molecule has 14 heteroatoms. The van der Waals surface area contributed by atoms with E-state index in [1.54, 1.807) is 13.8 Å². The number of carbonyl (C=O) groups excluding carboxylic acids is 3. The standard InChI is InChI=1S/C18H30N4O10/c1-3-8(2)14(19)17(30)21-10(6-13(26)27)16(29)20-9(4-5-12(24)25)15(28)22-11(7-23)18(31)32/h8-11,14,23H,3-7,19H2,1-2H3,(H,20,29)(H,21,30)(H,22,28)(H,24,25)(H,26,27)(H,31,32). The molecule has 0 heterocycles. The maximum atomic E-state index is 12.6. The first-order chi connectivity index (χ1) is 14.8. The van der Waals surface area contributed by atoms with E-state index in [1.165, 1.54) is 0 Å². The second-order valence-corrected chi connectivity index (χ2v) is 7.15. The fraction of sp³-hybridized carbons (Fsp3) is 0.667. The number of carboxylic acids is 3. The maximum absolute atomic E-state index is 12.6. The first-order valence-electron chi connectivity index (χ1n) is 9.77. The van der Waals surface area contributed by atoms with Gasteiger partial charge in [0, 0.05) is 6.42 Å². The van der Waals surface area contributed by atoms with Crippen LogP contribution in [0.3, 0.4) is 0 Å². The average Bonchev–Trinajstić information content (AvgIpc) is 2.71. The van der Waals surface area contributed by atoms with Gasteiger partial charge in [-0.2, -0.15) is 0 Å².